The lowest BCUT2D eigenvalue weighted by molar-refractivity contribution is 0.102. The van der Waals surface area contributed by atoms with E-state index in [4.69, 9.17) is 0 Å². The van der Waals surface area contributed by atoms with Crippen LogP contribution < -0.4 is 10.6 Å². The lowest BCUT2D eigenvalue weighted by Gasteiger charge is -2.05. The third-order valence-corrected chi connectivity index (χ3v) is 3.87. The molecule has 0 spiro atoms. The molecule has 19 heavy (non-hydrogen) atoms. The molecule has 0 aliphatic rings. The van der Waals surface area contributed by atoms with Crippen molar-refractivity contribution in [1.82, 2.24) is 20.1 Å². The lowest BCUT2D eigenvalue weighted by Crippen LogP contribution is -2.14. The molecular weight excluding hydrogens is 262 g/mol. The van der Waals surface area contributed by atoms with Crippen LogP contribution in [0.5, 0.6) is 0 Å². The number of aromatic nitrogens is 3. The molecule has 2 heterocycles. The number of thiazole rings is 1. The van der Waals surface area contributed by atoms with E-state index in [0.717, 1.165) is 11.4 Å². The molecule has 2 N–H and O–H groups in total. The monoisotopic (exact) mass is 279 g/mol. The smallest absolute Gasteiger partial charge is 0.260 e. The molecule has 102 valence electrons. The fraction of sp³-hybridized carbons (Fsp3) is 0.417. The van der Waals surface area contributed by atoms with Gasteiger partial charge in [0.25, 0.3) is 5.91 Å². The van der Waals surface area contributed by atoms with Crippen LogP contribution in [-0.4, -0.2) is 27.7 Å². The Balaban J connectivity index is 2.11. The molecule has 1 unspecified atom stereocenters. The van der Waals surface area contributed by atoms with Crippen molar-refractivity contribution in [3.8, 4) is 0 Å². The summed E-state index contributed by atoms with van der Waals surface area (Å²) >= 11 is 1.42. The Labute approximate surface area is 115 Å². The first-order chi connectivity index (χ1) is 9.02. The number of carbonyl (C=O) groups excluding carboxylic acids is 1. The maximum atomic E-state index is 12.1. The Bertz CT molecular complexity index is 589. The van der Waals surface area contributed by atoms with E-state index in [2.05, 4.69) is 20.7 Å². The highest BCUT2D eigenvalue weighted by atomic mass is 32.1. The number of nitrogens with one attached hydrogen (secondary N) is 2. The Kier molecular flexibility index (Phi) is 3.96. The van der Waals surface area contributed by atoms with Gasteiger partial charge in [-0.05, 0) is 20.9 Å². The summed E-state index contributed by atoms with van der Waals surface area (Å²) in [6.07, 6.45) is 1.56. The van der Waals surface area contributed by atoms with Crippen LogP contribution in [0.4, 0.5) is 5.13 Å². The van der Waals surface area contributed by atoms with Crippen molar-refractivity contribution in [2.75, 3.05) is 12.4 Å². The molecule has 0 bridgehead atoms. The van der Waals surface area contributed by atoms with Crippen molar-refractivity contribution in [2.45, 2.75) is 19.9 Å². The second-order valence-electron chi connectivity index (χ2n) is 4.31. The highest BCUT2D eigenvalue weighted by Crippen LogP contribution is 2.21. The molecule has 0 saturated heterocycles. The van der Waals surface area contributed by atoms with Crippen molar-refractivity contribution in [3.05, 3.63) is 28.5 Å². The van der Waals surface area contributed by atoms with Crippen molar-refractivity contribution in [1.29, 1.82) is 0 Å². The second-order valence-corrected chi connectivity index (χ2v) is 5.17. The van der Waals surface area contributed by atoms with Gasteiger partial charge in [0.1, 0.15) is 0 Å². The zero-order chi connectivity index (χ0) is 14.0. The molecule has 2 aromatic heterocycles. The number of carbonyl (C=O) groups is 1. The average molecular weight is 279 g/mol. The predicted molar refractivity (Wildman–Crippen MR) is 75.5 cm³/mol. The summed E-state index contributed by atoms with van der Waals surface area (Å²) in [5.41, 5.74) is 2.32. The van der Waals surface area contributed by atoms with E-state index in [-0.39, 0.29) is 11.9 Å². The minimum Gasteiger partial charge on any atom is -0.312 e. The van der Waals surface area contributed by atoms with Gasteiger partial charge >= 0.3 is 0 Å². The summed E-state index contributed by atoms with van der Waals surface area (Å²) in [7, 11) is 3.68. The number of aryl methyl sites for hydroxylation is 1. The van der Waals surface area contributed by atoms with Crippen LogP contribution in [0, 0.1) is 6.92 Å². The quantitative estimate of drug-likeness (QED) is 0.894. The zero-order valence-electron chi connectivity index (χ0n) is 11.4. The van der Waals surface area contributed by atoms with Crippen LogP contribution in [-0.2, 0) is 7.05 Å². The van der Waals surface area contributed by atoms with E-state index >= 15 is 0 Å². The van der Waals surface area contributed by atoms with E-state index in [9.17, 15) is 4.79 Å². The van der Waals surface area contributed by atoms with Crippen molar-refractivity contribution in [3.63, 3.8) is 0 Å². The van der Waals surface area contributed by atoms with Crippen molar-refractivity contribution < 1.29 is 4.79 Å². The number of nitrogens with zero attached hydrogens (tertiary/aromatic N) is 3. The Hall–Kier alpha value is -1.73. The Morgan fingerprint density at radius 2 is 2.26 bits per heavy atom. The predicted octanol–water partition coefficient (Wildman–Crippen LogP) is 1.72. The standard InChI is InChI=1S/C12H17N5OS/c1-7(13-3)10-6-19-12(15-10)16-11(18)9-5-14-17(4)8(9)2/h5-7,13H,1-4H3,(H,15,16,18). The highest BCUT2D eigenvalue weighted by molar-refractivity contribution is 7.14. The third-order valence-electron chi connectivity index (χ3n) is 3.10. The molecule has 0 aliphatic heterocycles. The fourth-order valence-electron chi connectivity index (χ4n) is 1.58. The average Bonchev–Trinajstić information content (AvgIpc) is 2.97. The van der Waals surface area contributed by atoms with Gasteiger partial charge < -0.3 is 5.32 Å². The first-order valence-corrected chi connectivity index (χ1v) is 6.83. The largest absolute Gasteiger partial charge is 0.312 e. The molecule has 0 radical (unpaired) electrons. The minimum absolute atomic E-state index is 0.169. The number of hydrogen-bond acceptors (Lipinski definition) is 5. The molecule has 1 atom stereocenters. The summed E-state index contributed by atoms with van der Waals surface area (Å²) in [5.74, 6) is -0.177. The summed E-state index contributed by atoms with van der Waals surface area (Å²) < 4.78 is 1.67. The van der Waals surface area contributed by atoms with E-state index < -0.39 is 0 Å². The molecule has 0 aromatic carbocycles. The van der Waals surface area contributed by atoms with Crippen LogP contribution in [0.15, 0.2) is 11.6 Å². The second kappa shape index (κ2) is 5.50. The molecule has 1 amide bonds. The van der Waals surface area contributed by atoms with Gasteiger partial charge in [-0.25, -0.2) is 4.98 Å². The summed E-state index contributed by atoms with van der Waals surface area (Å²) in [6, 6.07) is 0.169. The first kappa shape index (κ1) is 13.7. The van der Waals surface area contributed by atoms with Gasteiger partial charge in [-0.1, -0.05) is 0 Å². The molecule has 0 aliphatic carbocycles. The third kappa shape index (κ3) is 2.82. The van der Waals surface area contributed by atoms with E-state index in [1.165, 1.54) is 11.3 Å². The molecule has 6 nitrogen and oxygen atoms in total. The van der Waals surface area contributed by atoms with Gasteiger partial charge in [0.2, 0.25) is 0 Å². The number of anilines is 1. The van der Waals surface area contributed by atoms with Gasteiger partial charge in [-0.15, -0.1) is 11.3 Å². The van der Waals surface area contributed by atoms with Gasteiger partial charge in [0, 0.05) is 24.2 Å². The van der Waals surface area contributed by atoms with Crippen LogP contribution in [0.2, 0.25) is 0 Å². The normalized spacial score (nSPS) is 12.4. The molecule has 7 heteroatoms. The van der Waals surface area contributed by atoms with Crippen LogP contribution in [0.25, 0.3) is 0 Å². The first-order valence-electron chi connectivity index (χ1n) is 5.95. The van der Waals surface area contributed by atoms with Crippen LogP contribution in [0.1, 0.15) is 34.7 Å². The molecular formula is C12H17N5OS. The molecule has 2 aromatic rings. The number of amides is 1. The van der Waals surface area contributed by atoms with E-state index in [0.29, 0.717) is 10.7 Å². The number of rotatable bonds is 4. The highest BCUT2D eigenvalue weighted by Gasteiger charge is 2.15. The van der Waals surface area contributed by atoms with Gasteiger partial charge in [-0.2, -0.15) is 5.10 Å². The maximum Gasteiger partial charge on any atom is 0.260 e. The number of hydrogen-bond donors (Lipinski definition) is 2. The Morgan fingerprint density at radius 3 is 2.84 bits per heavy atom. The zero-order valence-corrected chi connectivity index (χ0v) is 12.2. The fourth-order valence-corrected chi connectivity index (χ4v) is 2.38. The Morgan fingerprint density at radius 1 is 1.53 bits per heavy atom. The topological polar surface area (TPSA) is 71.8 Å². The lowest BCUT2D eigenvalue weighted by atomic mass is 10.2. The van der Waals surface area contributed by atoms with E-state index in [1.54, 1.807) is 10.9 Å². The summed E-state index contributed by atoms with van der Waals surface area (Å²) in [4.78, 5) is 16.5. The SMILES string of the molecule is CNC(C)c1csc(NC(=O)c2cnn(C)c2C)n1. The van der Waals surface area contributed by atoms with E-state index in [1.807, 2.05) is 33.3 Å². The van der Waals surface area contributed by atoms with Gasteiger partial charge in [-0.3, -0.25) is 14.8 Å². The van der Waals surface area contributed by atoms with Gasteiger partial charge in [0.15, 0.2) is 5.13 Å². The van der Waals surface area contributed by atoms with Crippen molar-refractivity contribution in [2.24, 2.45) is 7.05 Å². The van der Waals surface area contributed by atoms with Crippen LogP contribution in [0.3, 0.4) is 0 Å². The van der Waals surface area contributed by atoms with Gasteiger partial charge in [0.05, 0.1) is 17.5 Å². The maximum absolute atomic E-state index is 12.1. The van der Waals surface area contributed by atoms with Crippen molar-refractivity contribution >= 4 is 22.4 Å². The summed E-state index contributed by atoms with van der Waals surface area (Å²) in [6.45, 7) is 3.88. The molecule has 0 fully saturated rings. The minimum atomic E-state index is -0.177. The summed E-state index contributed by atoms with van der Waals surface area (Å²) in [5, 5.41) is 12.5. The van der Waals surface area contributed by atoms with Crippen LogP contribution >= 0.6 is 11.3 Å². The molecule has 0 saturated carbocycles. The molecule has 2 rings (SSSR count).